The van der Waals surface area contributed by atoms with Gasteiger partial charge in [0.25, 0.3) is 0 Å². The summed E-state index contributed by atoms with van der Waals surface area (Å²) >= 11 is 4.84. The summed E-state index contributed by atoms with van der Waals surface area (Å²) in [5, 5.41) is 18.2. The quantitative estimate of drug-likeness (QED) is 0.607. The van der Waals surface area contributed by atoms with E-state index in [1.807, 2.05) is 6.92 Å². The Morgan fingerprint density at radius 3 is 2.15 bits per heavy atom. The van der Waals surface area contributed by atoms with Crippen molar-refractivity contribution in [3.8, 4) is 0 Å². The Balaban J connectivity index is 4.06. The van der Waals surface area contributed by atoms with Crippen LogP contribution in [0.2, 0.25) is 0 Å². The molecule has 0 aliphatic carbocycles. The van der Waals surface area contributed by atoms with Gasteiger partial charge in [-0.15, -0.1) is 0 Å². The van der Waals surface area contributed by atoms with Crippen molar-refractivity contribution in [1.29, 1.82) is 0 Å². The summed E-state index contributed by atoms with van der Waals surface area (Å²) in [6.07, 6.45) is -0.509. The van der Waals surface area contributed by atoms with Crippen LogP contribution in [0.5, 0.6) is 0 Å². The molecule has 0 aromatic rings. The van der Waals surface area contributed by atoms with Crippen molar-refractivity contribution in [1.82, 2.24) is 0 Å². The number of rotatable bonds is 6. The summed E-state index contributed by atoms with van der Waals surface area (Å²) in [7, 11) is 1.45. The van der Waals surface area contributed by atoms with E-state index >= 15 is 0 Å². The minimum atomic E-state index is -0.581. The molecule has 13 heavy (non-hydrogen) atoms. The second kappa shape index (κ2) is 7.20. The van der Waals surface area contributed by atoms with Gasteiger partial charge in [-0.1, -0.05) is 6.92 Å². The van der Waals surface area contributed by atoms with Crippen molar-refractivity contribution >= 4 is 17.3 Å². The maximum absolute atomic E-state index is 8.93. The van der Waals surface area contributed by atoms with Crippen LogP contribution < -0.4 is 0 Å². The van der Waals surface area contributed by atoms with Crippen LogP contribution in [-0.4, -0.2) is 47.8 Å². The van der Waals surface area contributed by atoms with Gasteiger partial charge in [0.05, 0.1) is 13.2 Å². The Bertz CT molecular complexity index is 147. The molecule has 0 aliphatic rings. The third-order valence-electron chi connectivity index (χ3n) is 1.65. The van der Waals surface area contributed by atoms with Crippen molar-refractivity contribution in [3.63, 3.8) is 0 Å². The number of methoxy groups -OCH3 is 1. The molecule has 0 bridgehead atoms. The molecule has 78 valence electrons. The largest absolute Gasteiger partial charge is 0.479 e. The molecular formula is C8H16O4S. The predicted molar refractivity (Wildman–Crippen MR) is 52.7 cm³/mol. The normalized spacial score (nSPS) is 15.1. The molecule has 4 nitrogen and oxygen atoms in total. The maximum Gasteiger partial charge on any atom is 0.160 e. The van der Waals surface area contributed by atoms with Crippen molar-refractivity contribution in [2.24, 2.45) is 0 Å². The lowest BCUT2D eigenvalue weighted by molar-refractivity contribution is -0.0538. The highest BCUT2D eigenvalue weighted by molar-refractivity contribution is 7.80. The van der Waals surface area contributed by atoms with E-state index in [1.165, 1.54) is 7.11 Å². The standard InChI is InChI=1S/C8H16O4S/c1-3-8(13)12-7(5-10)6(4-9)11-2/h6-7,9-10H,3-5H2,1-2H3/t6-,7?/m0/s1. The van der Waals surface area contributed by atoms with Crippen molar-refractivity contribution in [2.45, 2.75) is 25.6 Å². The average Bonchev–Trinajstić information content (AvgIpc) is 2.17. The van der Waals surface area contributed by atoms with Gasteiger partial charge in [0, 0.05) is 13.5 Å². The summed E-state index contributed by atoms with van der Waals surface area (Å²) in [5.74, 6) is 0. The molecule has 1 unspecified atom stereocenters. The fourth-order valence-corrected chi connectivity index (χ4v) is 0.950. The van der Waals surface area contributed by atoms with Gasteiger partial charge >= 0.3 is 0 Å². The zero-order chi connectivity index (χ0) is 10.3. The number of thiocarbonyl (C=S) groups is 1. The summed E-state index contributed by atoms with van der Waals surface area (Å²) in [5.41, 5.74) is 0. The van der Waals surface area contributed by atoms with Crippen LogP contribution >= 0.6 is 12.2 Å². The third kappa shape index (κ3) is 4.52. The van der Waals surface area contributed by atoms with Crippen molar-refractivity contribution in [2.75, 3.05) is 20.3 Å². The molecule has 0 saturated carbocycles. The van der Waals surface area contributed by atoms with Gasteiger partial charge in [-0.3, -0.25) is 0 Å². The molecule has 0 aliphatic heterocycles. The highest BCUT2D eigenvalue weighted by atomic mass is 32.1. The van der Waals surface area contributed by atoms with Gasteiger partial charge in [-0.05, 0) is 12.2 Å². The number of hydrogen-bond donors (Lipinski definition) is 2. The van der Waals surface area contributed by atoms with Crippen LogP contribution in [0.25, 0.3) is 0 Å². The fourth-order valence-electron chi connectivity index (χ4n) is 0.827. The Labute approximate surface area is 83.5 Å². The number of aliphatic hydroxyl groups excluding tert-OH is 2. The topological polar surface area (TPSA) is 58.9 Å². The van der Waals surface area contributed by atoms with Crippen LogP contribution in [0.4, 0.5) is 0 Å². The van der Waals surface area contributed by atoms with E-state index in [0.717, 1.165) is 0 Å². The van der Waals surface area contributed by atoms with Gasteiger partial charge in [-0.25, -0.2) is 0 Å². The van der Waals surface area contributed by atoms with Crippen molar-refractivity contribution in [3.05, 3.63) is 0 Å². The fraction of sp³-hybridized carbons (Fsp3) is 0.875. The van der Waals surface area contributed by atoms with Crippen LogP contribution in [0.3, 0.4) is 0 Å². The van der Waals surface area contributed by atoms with E-state index in [1.54, 1.807) is 0 Å². The zero-order valence-corrected chi connectivity index (χ0v) is 8.71. The number of aliphatic hydroxyl groups is 2. The Morgan fingerprint density at radius 1 is 1.31 bits per heavy atom. The molecule has 0 heterocycles. The molecule has 0 radical (unpaired) electrons. The second-order valence-corrected chi connectivity index (χ2v) is 2.98. The maximum atomic E-state index is 8.93. The van der Waals surface area contributed by atoms with E-state index in [2.05, 4.69) is 0 Å². The first kappa shape index (κ1) is 12.8. The minimum absolute atomic E-state index is 0.200. The van der Waals surface area contributed by atoms with E-state index in [9.17, 15) is 0 Å². The molecule has 0 fully saturated rings. The third-order valence-corrected chi connectivity index (χ3v) is 2.03. The average molecular weight is 208 g/mol. The molecule has 5 heteroatoms. The summed E-state index contributed by atoms with van der Waals surface area (Å²) in [6, 6.07) is 0. The van der Waals surface area contributed by atoms with Crippen LogP contribution in [0.1, 0.15) is 13.3 Å². The highest BCUT2D eigenvalue weighted by Gasteiger charge is 2.21. The van der Waals surface area contributed by atoms with Gasteiger partial charge in [0.15, 0.2) is 11.2 Å². The SMILES string of the molecule is CCC(=S)OC(CO)[C@H](CO)OC. The second-order valence-electron chi connectivity index (χ2n) is 2.52. The van der Waals surface area contributed by atoms with E-state index in [0.29, 0.717) is 11.5 Å². The first-order valence-electron chi connectivity index (χ1n) is 4.13. The van der Waals surface area contributed by atoms with Crippen LogP contribution in [0.15, 0.2) is 0 Å². The lowest BCUT2D eigenvalue weighted by Crippen LogP contribution is -2.37. The smallest absolute Gasteiger partial charge is 0.160 e. The van der Waals surface area contributed by atoms with E-state index in [4.69, 9.17) is 31.9 Å². The lowest BCUT2D eigenvalue weighted by atomic mass is 10.2. The van der Waals surface area contributed by atoms with Gasteiger partial charge < -0.3 is 19.7 Å². The molecule has 0 aromatic heterocycles. The summed E-state index contributed by atoms with van der Waals surface area (Å²) in [6.45, 7) is 1.44. The van der Waals surface area contributed by atoms with E-state index < -0.39 is 12.2 Å². The highest BCUT2D eigenvalue weighted by Crippen LogP contribution is 2.05. The Morgan fingerprint density at radius 2 is 1.85 bits per heavy atom. The van der Waals surface area contributed by atoms with E-state index in [-0.39, 0.29) is 13.2 Å². The van der Waals surface area contributed by atoms with Gasteiger partial charge in [0.1, 0.15) is 6.10 Å². The van der Waals surface area contributed by atoms with Crippen LogP contribution in [-0.2, 0) is 9.47 Å². The first-order valence-corrected chi connectivity index (χ1v) is 4.54. The predicted octanol–water partition coefficient (Wildman–Crippen LogP) is 0.109. The number of hydrogen-bond acceptors (Lipinski definition) is 5. The molecule has 0 aromatic carbocycles. The van der Waals surface area contributed by atoms with Crippen LogP contribution in [0, 0.1) is 0 Å². The first-order chi connectivity index (χ1) is 6.19. The molecule has 0 amide bonds. The Hall–Kier alpha value is -0.230. The summed E-state index contributed by atoms with van der Waals surface area (Å²) in [4.78, 5) is 0. The molecule has 2 atom stereocenters. The summed E-state index contributed by atoms with van der Waals surface area (Å²) < 4.78 is 10.1. The lowest BCUT2D eigenvalue weighted by Gasteiger charge is -2.23. The minimum Gasteiger partial charge on any atom is -0.479 e. The van der Waals surface area contributed by atoms with Gasteiger partial charge in [0.2, 0.25) is 0 Å². The molecule has 0 saturated heterocycles. The van der Waals surface area contributed by atoms with Gasteiger partial charge in [-0.2, -0.15) is 0 Å². The monoisotopic (exact) mass is 208 g/mol. The molecule has 0 spiro atoms. The zero-order valence-electron chi connectivity index (χ0n) is 7.90. The molecule has 0 rings (SSSR count). The molecule has 2 N–H and O–H groups in total. The van der Waals surface area contributed by atoms with Crippen molar-refractivity contribution < 1.29 is 19.7 Å². The number of ether oxygens (including phenoxy) is 2. The molecular weight excluding hydrogens is 192 g/mol. The Kier molecular flexibility index (Phi) is 7.07.